The molecule has 1 aliphatic rings. The Bertz CT molecular complexity index is 921. The van der Waals surface area contributed by atoms with Gasteiger partial charge in [0.05, 0.1) is 5.57 Å². The van der Waals surface area contributed by atoms with Gasteiger partial charge in [0.2, 0.25) is 0 Å². The van der Waals surface area contributed by atoms with Crippen LogP contribution in [0.25, 0.3) is 16.5 Å². The number of aromatic nitrogens is 1. The predicted octanol–water partition coefficient (Wildman–Crippen LogP) is 3.88. The van der Waals surface area contributed by atoms with Crippen molar-refractivity contribution in [3.05, 3.63) is 66.0 Å². The molecule has 22 heavy (non-hydrogen) atoms. The number of hydrogen-bond acceptors (Lipinski definition) is 2. The third kappa shape index (κ3) is 1.97. The van der Waals surface area contributed by atoms with Crippen LogP contribution in [0.15, 0.2) is 54.9 Å². The highest BCUT2D eigenvalue weighted by Crippen LogP contribution is 2.34. The monoisotopic (exact) mass is 289 g/mol. The summed E-state index contributed by atoms with van der Waals surface area (Å²) in [4.78, 5) is 15.3. The zero-order chi connectivity index (χ0) is 15.1. The molecule has 1 aliphatic heterocycles. The third-order valence-corrected chi connectivity index (χ3v) is 3.97. The number of anilines is 2. The van der Waals surface area contributed by atoms with Gasteiger partial charge in [0.1, 0.15) is 0 Å². The van der Waals surface area contributed by atoms with Crippen molar-refractivity contribution in [2.75, 3.05) is 10.6 Å². The van der Waals surface area contributed by atoms with Crippen molar-refractivity contribution < 1.29 is 4.79 Å². The Morgan fingerprint density at radius 1 is 1.14 bits per heavy atom. The van der Waals surface area contributed by atoms with Crippen LogP contribution in [0.5, 0.6) is 0 Å². The summed E-state index contributed by atoms with van der Waals surface area (Å²) in [6.45, 7) is 2.01. The standard InChI is InChI=1S/C18H15N3O/c1-11-3-2-4-15-17(11)14(18(22)21-15)10-20-13-6-5-12-7-8-19-16(12)9-13/h2-10,19-20H,1H3,(H,21,22). The summed E-state index contributed by atoms with van der Waals surface area (Å²) in [6, 6.07) is 14.0. The molecule has 0 saturated carbocycles. The van der Waals surface area contributed by atoms with E-state index in [1.54, 1.807) is 6.20 Å². The fourth-order valence-corrected chi connectivity index (χ4v) is 2.86. The molecule has 0 fully saturated rings. The number of benzene rings is 2. The number of aromatic amines is 1. The lowest BCUT2D eigenvalue weighted by Gasteiger charge is -2.05. The van der Waals surface area contributed by atoms with Gasteiger partial charge < -0.3 is 15.6 Å². The molecule has 0 aliphatic carbocycles. The maximum atomic E-state index is 12.2. The molecule has 4 nitrogen and oxygen atoms in total. The van der Waals surface area contributed by atoms with E-state index in [0.29, 0.717) is 5.57 Å². The lowest BCUT2D eigenvalue weighted by molar-refractivity contribution is -0.110. The highest BCUT2D eigenvalue weighted by molar-refractivity contribution is 6.32. The SMILES string of the molecule is Cc1cccc2c1C(=CNc1ccc3cc[nH]c3c1)C(=O)N2. The van der Waals surface area contributed by atoms with Gasteiger partial charge in [-0.3, -0.25) is 4.79 Å². The van der Waals surface area contributed by atoms with Gasteiger partial charge in [-0.25, -0.2) is 0 Å². The molecule has 2 heterocycles. The number of hydrogen-bond donors (Lipinski definition) is 3. The number of H-pyrrole nitrogens is 1. The molecule has 0 bridgehead atoms. The van der Waals surface area contributed by atoms with Crippen molar-refractivity contribution in [2.24, 2.45) is 0 Å². The number of nitrogens with one attached hydrogen (secondary N) is 3. The molecule has 108 valence electrons. The second-order valence-corrected chi connectivity index (χ2v) is 5.43. The number of aryl methyl sites for hydroxylation is 1. The second-order valence-electron chi connectivity index (χ2n) is 5.43. The van der Waals surface area contributed by atoms with E-state index >= 15 is 0 Å². The summed E-state index contributed by atoms with van der Waals surface area (Å²) in [5, 5.41) is 7.29. The molecule has 3 N–H and O–H groups in total. The number of carbonyl (C=O) groups is 1. The molecule has 0 radical (unpaired) electrons. The van der Waals surface area contributed by atoms with Crippen molar-refractivity contribution in [3.8, 4) is 0 Å². The quantitative estimate of drug-likeness (QED) is 0.627. The molecule has 4 rings (SSSR count). The van der Waals surface area contributed by atoms with Gasteiger partial charge in [0.15, 0.2) is 0 Å². The molecule has 1 aromatic heterocycles. The molecule has 0 unspecified atom stereocenters. The highest BCUT2D eigenvalue weighted by atomic mass is 16.2. The van der Waals surface area contributed by atoms with Gasteiger partial charge >= 0.3 is 0 Å². The molecule has 1 amide bonds. The van der Waals surface area contributed by atoms with Crippen molar-refractivity contribution in [3.63, 3.8) is 0 Å². The molecular weight excluding hydrogens is 274 g/mol. The first kappa shape index (κ1) is 12.7. The largest absolute Gasteiger partial charge is 0.361 e. The van der Waals surface area contributed by atoms with Crippen LogP contribution in [0.1, 0.15) is 11.1 Å². The zero-order valence-corrected chi connectivity index (χ0v) is 12.1. The van der Waals surface area contributed by atoms with Gasteiger partial charge in [-0.05, 0) is 42.1 Å². The van der Waals surface area contributed by atoms with Crippen LogP contribution in [0.2, 0.25) is 0 Å². The van der Waals surface area contributed by atoms with Gasteiger partial charge in [-0.1, -0.05) is 18.2 Å². The smallest absolute Gasteiger partial charge is 0.257 e. The number of rotatable bonds is 2. The Kier molecular flexibility index (Phi) is 2.76. The molecule has 0 saturated heterocycles. The molecule has 2 aromatic carbocycles. The predicted molar refractivity (Wildman–Crippen MR) is 89.7 cm³/mol. The molecule has 0 atom stereocenters. The topological polar surface area (TPSA) is 56.9 Å². The second kappa shape index (κ2) is 4.77. The van der Waals surface area contributed by atoms with Crippen LogP contribution in [-0.2, 0) is 4.79 Å². The lowest BCUT2D eigenvalue weighted by atomic mass is 10.0. The summed E-state index contributed by atoms with van der Waals surface area (Å²) in [5.74, 6) is -0.0715. The van der Waals surface area contributed by atoms with Crippen LogP contribution in [0, 0.1) is 6.92 Å². The van der Waals surface area contributed by atoms with E-state index in [0.717, 1.165) is 33.4 Å². The minimum atomic E-state index is -0.0715. The molecule has 4 heteroatoms. The van der Waals surface area contributed by atoms with Crippen LogP contribution in [-0.4, -0.2) is 10.9 Å². The minimum Gasteiger partial charge on any atom is -0.361 e. The van der Waals surface area contributed by atoms with E-state index in [2.05, 4.69) is 15.6 Å². The average Bonchev–Trinajstić information content (AvgIpc) is 3.09. The first-order valence-electron chi connectivity index (χ1n) is 7.17. The maximum absolute atomic E-state index is 12.2. The molecule has 3 aromatic rings. The average molecular weight is 289 g/mol. The Balaban J connectivity index is 1.70. The highest BCUT2D eigenvalue weighted by Gasteiger charge is 2.25. The van der Waals surface area contributed by atoms with Crippen molar-refractivity contribution >= 4 is 33.8 Å². The van der Waals surface area contributed by atoms with E-state index in [1.807, 2.05) is 55.6 Å². The van der Waals surface area contributed by atoms with Gasteiger partial charge in [-0.15, -0.1) is 0 Å². The van der Waals surface area contributed by atoms with Crippen LogP contribution in [0.3, 0.4) is 0 Å². The van der Waals surface area contributed by atoms with Crippen LogP contribution < -0.4 is 10.6 Å². The first-order chi connectivity index (χ1) is 10.7. The molecule has 0 spiro atoms. The molecular formula is C18H15N3O. The third-order valence-electron chi connectivity index (χ3n) is 3.97. The number of carbonyl (C=O) groups excluding carboxylic acids is 1. The lowest BCUT2D eigenvalue weighted by Crippen LogP contribution is -2.05. The fraction of sp³-hybridized carbons (Fsp3) is 0.0556. The maximum Gasteiger partial charge on any atom is 0.257 e. The van der Waals surface area contributed by atoms with Crippen LogP contribution >= 0.6 is 0 Å². The van der Waals surface area contributed by atoms with Crippen molar-refractivity contribution in [2.45, 2.75) is 6.92 Å². The Morgan fingerprint density at radius 3 is 2.95 bits per heavy atom. The van der Waals surface area contributed by atoms with Gasteiger partial charge in [-0.2, -0.15) is 0 Å². The van der Waals surface area contributed by atoms with Gasteiger partial charge in [0.25, 0.3) is 5.91 Å². The summed E-state index contributed by atoms with van der Waals surface area (Å²) < 4.78 is 0. The van der Waals surface area contributed by atoms with E-state index in [-0.39, 0.29) is 5.91 Å². The van der Waals surface area contributed by atoms with Gasteiger partial charge in [0, 0.05) is 34.9 Å². The Morgan fingerprint density at radius 2 is 2.05 bits per heavy atom. The number of amides is 1. The van der Waals surface area contributed by atoms with Crippen molar-refractivity contribution in [1.82, 2.24) is 4.98 Å². The van der Waals surface area contributed by atoms with Crippen LogP contribution in [0.4, 0.5) is 11.4 Å². The summed E-state index contributed by atoms with van der Waals surface area (Å²) in [6.07, 6.45) is 3.69. The minimum absolute atomic E-state index is 0.0715. The Labute approximate surface area is 127 Å². The fourth-order valence-electron chi connectivity index (χ4n) is 2.86. The van der Waals surface area contributed by atoms with E-state index in [4.69, 9.17) is 0 Å². The number of fused-ring (bicyclic) bond motifs is 2. The van der Waals surface area contributed by atoms with E-state index < -0.39 is 0 Å². The Hall–Kier alpha value is -3.01. The zero-order valence-electron chi connectivity index (χ0n) is 12.1. The van der Waals surface area contributed by atoms with Crippen molar-refractivity contribution in [1.29, 1.82) is 0 Å². The summed E-state index contributed by atoms with van der Waals surface area (Å²) in [7, 11) is 0. The first-order valence-corrected chi connectivity index (χ1v) is 7.17. The summed E-state index contributed by atoms with van der Waals surface area (Å²) in [5.41, 5.74) is 5.61. The normalized spacial score (nSPS) is 15.1. The van der Waals surface area contributed by atoms with E-state index in [9.17, 15) is 4.79 Å². The van der Waals surface area contributed by atoms with E-state index in [1.165, 1.54) is 0 Å². The summed E-state index contributed by atoms with van der Waals surface area (Å²) >= 11 is 0.